The van der Waals surface area contributed by atoms with E-state index in [1.54, 1.807) is 0 Å². The van der Waals surface area contributed by atoms with Crippen molar-refractivity contribution in [1.29, 1.82) is 0 Å². The van der Waals surface area contributed by atoms with Crippen molar-refractivity contribution in [2.24, 2.45) is 5.92 Å². The molecule has 1 rings (SSSR count). The van der Waals surface area contributed by atoms with Crippen molar-refractivity contribution in [2.75, 3.05) is 6.54 Å². The van der Waals surface area contributed by atoms with Gasteiger partial charge in [0.2, 0.25) is 11.8 Å². The summed E-state index contributed by atoms with van der Waals surface area (Å²) < 4.78 is 26.8. The number of amides is 2. The normalized spacial score (nSPS) is 13.5. The highest BCUT2D eigenvalue weighted by atomic mass is 19.1. The molecule has 0 saturated heterocycles. The quantitative estimate of drug-likeness (QED) is 0.712. The number of carbonyl (C=O) groups excluding carboxylic acids is 2. The second-order valence-corrected chi connectivity index (χ2v) is 5.74. The first kappa shape index (κ1) is 19.0. The fourth-order valence-corrected chi connectivity index (χ4v) is 1.98. The first-order chi connectivity index (χ1) is 10.7. The summed E-state index contributed by atoms with van der Waals surface area (Å²) in [5.41, 5.74) is 0.0289. The Hall–Kier alpha value is -2.02. The molecule has 0 heterocycles. The molecule has 2 atom stereocenters. The number of benzene rings is 1. The van der Waals surface area contributed by atoms with Crippen LogP contribution in [0, 0.1) is 17.6 Å². The Balaban J connectivity index is 2.78. The lowest BCUT2D eigenvalue weighted by Crippen LogP contribution is -2.37. The molecule has 0 aliphatic carbocycles. The largest absolute Gasteiger partial charge is 0.391 e. The van der Waals surface area contributed by atoms with Gasteiger partial charge in [0.25, 0.3) is 0 Å². The molecule has 0 spiro atoms. The Morgan fingerprint density at radius 1 is 1.26 bits per heavy atom. The minimum atomic E-state index is -0.913. The monoisotopic (exact) mass is 328 g/mol. The Kier molecular flexibility index (Phi) is 7.09. The van der Waals surface area contributed by atoms with E-state index in [-0.39, 0.29) is 24.4 Å². The van der Waals surface area contributed by atoms with E-state index in [2.05, 4.69) is 10.6 Å². The fraction of sp³-hybridized carbons (Fsp3) is 0.500. The Bertz CT molecular complexity index is 564. The number of nitrogens with one attached hydrogen (secondary N) is 2. The molecule has 0 aliphatic heterocycles. The average molecular weight is 328 g/mol. The molecule has 23 heavy (non-hydrogen) atoms. The topological polar surface area (TPSA) is 78.4 Å². The fourth-order valence-electron chi connectivity index (χ4n) is 1.98. The molecule has 0 saturated carbocycles. The number of aliphatic hydroxyl groups excluding tert-OH is 1. The van der Waals surface area contributed by atoms with Gasteiger partial charge in [-0.05, 0) is 12.0 Å². The van der Waals surface area contributed by atoms with E-state index >= 15 is 0 Å². The number of halogens is 2. The lowest BCUT2D eigenvalue weighted by atomic mass is 10.0. The van der Waals surface area contributed by atoms with Gasteiger partial charge in [-0.25, -0.2) is 8.78 Å². The van der Waals surface area contributed by atoms with Crippen molar-refractivity contribution in [2.45, 2.75) is 39.3 Å². The molecule has 1 aromatic carbocycles. The zero-order chi connectivity index (χ0) is 17.6. The van der Waals surface area contributed by atoms with Gasteiger partial charge in [0, 0.05) is 25.1 Å². The maximum Gasteiger partial charge on any atom is 0.222 e. The van der Waals surface area contributed by atoms with Crippen LogP contribution in [0.4, 0.5) is 8.78 Å². The SMILES string of the molecule is CC(=O)NC(CC(=O)NCC(O)C(C)C)c1ccc(F)cc1F. The molecule has 3 N–H and O–H groups in total. The number of hydrogen-bond acceptors (Lipinski definition) is 3. The van der Waals surface area contributed by atoms with E-state index < -0.39 is 35.6 Å². The van der Waals surface area contributed by atoms with E-state index in [4.69, 9.17) is 0 Å². The highest BCUT2D eigenvalue weighted by molar-refractivity contribution is 5.79. The minimum Gasteiger partial charge on any atom is -0.391 e. The lowest BCUT2D eigenvalue weighted by Gasteiger charge is -2.20. The number of aliphatic hydroxyl groups is 1. The molecule has 128 valence electrons. The van der Waals surface area contributed by atoms with E-state index in [0.29, 0.717) is 6.07 Å². The van der Waals surface area contributed by atoms with E-state index in [9.17, 15) is 23.5 Å². The third kappa shape index (κ3) is 6.32. The summed E-state index contributed by atoms with van der Waals surface area (Å²) in [5.74, 6) is -2.48. The summed E-state index contributed by atoms with van der Waals surface area (Å²) in [7, 11) is 0. The number of rotatable bonds is 7. The average Bonchev–Trinajstić information content (AvgIpc) is 2.43. The van der Waals surface area contributed by atoms with Crippen molar-refractivity contribution in [3.63, 3.8) is 0 Å². The third-order valence-corrected chi connectivity index (χ3v) is 3.38. The van der Waals surface area contributed by atoms with Gasteiger partial charge < -0.3 is 15.7 Å². The van der Waals surface area contributed by atoms with Gasteiger partial charge >= 0.3 is 0 Å². The molecule has 7 heteroatoms. The maximum absolute atomic E-state index is 13.9. The predicted molar refractivity (Wildman–Crippen MR) is 81.4 cm³/mol. The summed E-state index contributed by atoms with van der Waals surface area (Å²) >= 11 is 0. The van der Waals surface area contributed by atoms with Crippen LogP contribution in [0.15, 0.2) is 18.2 Å². The highest BCUT2D eigenvalue weighted by Crippen LogP contribution is 2.21. The van der Waals surface area contributed by atoms with Crippen LogP contribution in [0.2, 0.25) is 0 Å². The zero-order valence-electron chi connectivity index (χ0n) is 13.4. The van der Waals surface area contributed by atoms with Crippen molar-refractivity contribution in [3.05, 3.63) is 35.4 Å². The van der Waals surface area contributed by atoms with Crippen LogP contribution in [0.5, 0.6) is 0 Å². The molecule has 0 radical (unpaired) electrons. The summed E-state index contributed by atoms with van der Waals surface area (Å²) in [6.45, 7) is 4.93. The van der Waals surface area contributed by atoms with Gasteiger partial charge in [-0.1, -0.05) is 19.9 Å². The van der Waals surface area contributed by atoms with Gasteiger partial charge in [-0.15, -0.1) is 0 Å². The van der Waals surface area contributed by atoms with Crippen LogP contribution < -0.4 is 10.6 Å². The van der Waals surface area contributed by atoms with E-state index in [0.717, 1.165) is 6.07 Å². The van der Waals surface area contributed by atoms with Gasteiger partial charge in [0.15, 0.2) is 0 Å². The predicted octanol–water partition coefficient (Wildman–Crippen LogP) is 1.67. The Labute approximate surface area is 134 Å². The van der Waals surface area contributed by atoms with E-state index in [1.807, 2.05) is 13.8 Å². The second-order valence-electron chi connectivity index (χ2n) is 5.74. The molecule has 2 amide bonds. The van der Waals surface area contributed by atoms with Crippen molar-refractivity contribution in [3.8, 4) is 0 Å². The molecule has 1 aromatic rings. The third-order valence-electron chi connectivity index (χ3n) is 3.38. The molecule has 0 aliphatic rings. The first-order valence-corrected chi connectivity index (χ1v) is 7.37. The number of hydrogen-bond donors (Lipinski definition) is 3. The molecule has 0 fully saturated rings. The lowest BCUT2D eigenvalue weighted by molar-refractivity contribution is -0.123. The Morgan fingerprint density at radius 3 is 2.43 bits per heavy atom. The van der Waals surface area contributed by atoms with Crippen LogP contribution in [-0.4, -0.2) is 29.6 Å². The molecule has 0 aromatic heterocycles. The van der Waals surface area contributed by atoms with Gasteiger partial charge in [-0.3, -0.25) is 9.59 Å². The minimum absolute atomic E-state index is 0.0176. The van der Waals surface area contributed by atoms with Crippen LogP contribution in [-0.2, 0) is 9.59 Å². The van der Waals surface area contributed by atoms with Crippen LogP contribution in [0.25, 0.3) is 0 Å². The Morgan fingerprint density at radius 2 is 1.91 bits per heavy atom. The van der Waals surface area contributed by atoms with Crippen LogP contribution in [0.1, 0.15) is 38.8 Å². The zero-order valence-corrected chi connectivity index (χ0v) is 13.4. The van der Waals surface area contributed by atoms with E-state index in [1.165, 1.54) is 13.0 Å². The molecule has 5 nitrogen and oxygen atoms in total. The highest BCUT2D eigenvalue weighted by Gasteiger charge is 2.21. The van der Waals surface area contributed by atoms with Gasteiger partial charge in [0.05, 0.1) is 18.6 Å². The standard InChI is InChI=1S/C16H22F2N2O3/c1-9(2)15(22)8-19-16(23)7-14(20-10(3)21)12-5-4-11(17)6-13(12)18/h4-6,9,14-15,22H,7-8H2,1-3H3,(H,19,23)(H,20,21). The smallest absolute Gasteiger partial charge is 0.222 e. The van der Waals surface area contributed by atoms with Gasteiger partial charge in [-0.2, -0.15) is 0 Å². The van der Waals surface area contributed by atoms with Crippen molar-refractivity contribution >= 4 is 11.8 Å². The summed E-state index contributed by atoms with van der Waals surface area (Å²) in [6.07, 6.45) is -0.909. The first-order valence-electron chi connectivity index (χ1n) is 7.37. The summed E-state index contributed by atoms with van der Waals surface area (Å²) in [5, 5.41) is 14.7. The van der Waals surface area contributed by atoms with Crippen molar-refractivity contribution < 1.29 is 23.5 Å². The van der Waals surface area contributed by atoms with Crippen LogP contribution in [0.3, 0.4) is 0 Å². The maximum atomic E-state index is 13.9. The van der Waals surface area contributed by atoms with Crippen molar-refractivity contribution in [1.82, 2.24) is 10.6 Å². The summed E-state index contributed by atoms with van der Waals surface area (Å²) in [6, 6.07) is 2.05. The molecule has 0 bridgehead atoms. The molecular weight excluding hydrogens is 306 g/mol. The number of carbonyl (C=O) groups is 2. The summed E-state index contributed by atoms with van der Waals surface area (Å²) in [4.78, 5) is 23.2. The molecule has 2 unspecified atom stereocenters. The van der Waals surface area contributed by atoms with Crippen LogP contribution >= 0.6 is 0 Å². The van der Waals surface area contributed by atoms with Gasteiger partial charge in [0.1, 0.15) is 11.6 Å². The molecular formula is C16H22F2N2O3. The second kappa shape index (κ2) is 8.57.